The van der Waals surface area contributed by atoms with Gasteiger partial charge >= 0.3 is 39.5 Å². The maximum absolute atomic E-state index is 13.0. The highest BCUT2D eigenvalue weighted by atomic mass is 31.2. The molecule has 0 rings (SSSR count). The molecular weight excluding hydrogens is 1200 g/mol. The monoisotopic (exact) mass is 1340 g/mol. The molecule has 0 aromatic heterocycles. The summed E-state index contributed by atoms with van der Waals surface area (Å²) < 4.78 is 68.4. The molecule has 540 valence electrons. The predicted molar refractivity (Wildman–Crippen MR) is 368 cm³/mol. The Hall–Kier alpha value is -1.94. The quantitative estimate of drug-likeness (QED) is 0.0222. The van der Waals surface area contributed by atoms with E-state index in [0.717, 1.165) is 108 Å². The molecule has 0 fully saturated rings. The van der Waals surface area contributed by atoms with Gasteiger partial charge in [0.05, 0.1) is 26.4 Å². The lowest BCUT2D eigenvalue weighted by Gasteiger charge is -2.21. The van der Waals surface area contributed by atoms with Crippen LogP contribution in [0.5, 0.6) is 0 Å². The van der Waals surface area contributed by atoms with E-state index in [4.69, 9.17) is 37.0 Å². The largest absolute Gasteiger partial charge is 0.472 e. The van der Waals surface area contributed by atoms with Gasteiger partial charge in [-0.1, -0.05) is 312 Å². The first-order valence-corrected chi connectivity index (χ1v) is 40.4. The molecule has 0 bridgehead atoms. The molecule has 91 heavy (non-hydrogen) atoms. The van der Waals surface area contributed by atoms with Gasteiger partial charge in [0, 0.05) is 25.7 Å². The van der Waals surface area contributed by atoms with E-state index in [1.165, 1.54) is 173 Å². The molecular formula is C72H140O17P2. The Balaban J connectivity index is 5.26. The zero-order valence-electron chi connectivity index (χ0n) is 59.3. The van der Waals surface area contributed by atoms with Gasteiger partial charge in [0.1, 0.15) is 19.3 Å². The minimum atomic E-state index is -4.95. The second kappa shape index (κ2) is 62.8. The van der Waals surface area contributed by atoms with Crippen LogP contribution in [0.3, 0.4) is 0 Å². The molecule has 3 unspecified atom stereocenters. The minimum Gasteiger partial charge on any atom is -0.462 e. The van der Waals surface area contributed by atoms with Crippen molar-refractivity contribution < 1.29 is 80.2 Å². The summed E-state index contributed by atoms with van der Waals surface area (Å²) in [5.41, 5.74) is 0. The van der Waals surface area contributed by atoms with Gasteiger partial charge in [-0.15, -0.1) is 0 Å². The molecule has 0 heterocycles. The molecule has 0 saturated carbocycles. The first kappa shape index (κ1) is 89.1. The number of phosphoric acid groups is 2. The number of rotatable bonds is 70. The van der Waals surface area contributed by atoms with Gasteiger partial charge in [-0.3, -0.25) is 37.3 Å². The number of phosphoric ester groups is 2. The van der Waals surface area contributed by atoms with E-state index in [1.54, 1.807) is 0 Å². The van der Waals surface area contributed by atoms with Crippen molar-refractivity contribution in [3.8, 4) is 0 Å². The van der Waals surface area contributed by atoms with Crippen molar-refractivity contribution in [3.05, 3.63) is 0 Å². The molecule has 0 aromatic rings. The number of hydrogen-bond acceptors (Lipinski definition) is 15. The topological polar surface area (TPSA) is 237 Å². The molecule has 0 aliphatic heterocycles. The number of carbonyl (C=O) groups excluding carboxylic acids is 4. The lowest BCUT2D eigenvalue weighted by Crippen LogP contribution is -2.30. The Morgan fingerprint density at radius 2 is 0.560 bits per heavy atom. The molecule has 0 aromatic carbocycles. The zero-order valence-corrected chi connectivity index (χ0v) is 61.1. The summed E-state index contributed by atoms with van der Waals surface area (Å²) in [7, 11) is -9.90. The number of carbonyl (C=O) groups is 4. The second-order valence-corrected chi connectivity index (χ2v) is 30.1. The highest BCUT2D eigenvalue weighted by Gasteiger charge is 2.30. The fourth-order valence-corrected chi connectivity index (χ4v) is 12.4. The van der Waals surface area contributed by atoms with Crippen LogP contribution in [0.2, 0.25) is 0 Å². The molecule has 17 nitrogen and oxygen atoms in total. The minimum absolute atomic E-state index is 0.106. The second-order valence-electron chi connectivity index (χ2n) is 27.2. The van der Waals surface area contributed by atoms with Crippen molar-refractivity contribution in [1.29, 1.82) is 0 Å². The van der Waals surface area contributed by atoms with E-state index >= 15 is 0 Å². The molecule has 0 aliphatic carbocycles. The van der Waals surface area contributed by atoms with Crippen LogP contribution < -0.4 is 0 Å². The van der Waals surface area contributed by atoms with Gasteiger partial charge in [0.15, 0.2) is 12.2 Å². The molecule has 0 radical (unpaired) electrons. The van der Waals surface area contributed by atoms with Gasteiger partial charge in [-0.05, 0) is 43.4 Å². The summed E-state index contributed by atoms with van der Waals surface area (Å²) in [6.07, 6.45) is 47.0. The first-order chi connectivity index (χ1) is 43.8. The van der Waals surface area contributed by atoms with Crippen molar-refractivity contribution >= 4 is 39.5 Å². The van der Waals surface area contributed by atoms with Crippen LogP contribution in [0.1, 0.15) is 363 Å². The summed E-state index contributed by atoms with van der Waals surface area (Å²) >= 11 is 0. The highest BCUT2D eigenvalue weighted by molar-refractivity contribution is 7.47. The number of aliphatic hydroxyl groups is 1. The standard InChI is InChI=1S/C72H140O17P2/c1-8-10-11-12-13-14-25-32-39-46-53-69(74)82-59-67(89-72(77)56-49-42-35-28-20-18-23-30-37-44-51-64(5)6)61-86-90(78,79)84-57-66(73)58-85-91(80,81)87-62-68(88-71(76)55-48-41-34-27-17-15-16-22-29-36-43-50-63(3)4)60-83-70(75)54-47-40-33-26-21-19-24-31-38-45-52-65(7)9-2/h63-68,73H,8-62H2,1-7H3,(H,78,79)(H,80,81)/t65?,66-,67+,68+/m0/s1. The third-order valence-corrected chi connectivity index (χ3v) is 18.9. The van der Waals surface area contributed by atoms with Crippen molar-refractivity contribution in [2.45, 2.75) is 381 Å². The SMILES string of the molecule is CCCCCCCCCCCCC(=O)OC[C@H](COP(=O)(O)OC[C@H](O)COP(=O)(O)OC[C@@H](COC(=O)CCCCCCCCCCCCC(C)CC)OC(=O)CCCCCCCCCCCCCC(C)C)OC(=O)CCCCCCCCCCCCC(C)C. The van der Waals surface area contributed by atoms with Crippen molar-refractivity contribution in [2.24, 2.45) is 17.8 Å². The molecule has 0 aliphatic rings. The van der Waals surface area contributed by atoms with Crippen LogP contribution in [0.4, 0.5) is 0 Å². The van der Waals surface area contributed by atoms with Gasteiger partial charge in [0.25, 0.3) is 0 Å². The predicted octanol–water partition coefficient (Wildman–Crippen LogP) is 20.6. The third kappa shape index (κ3) is 65.1. The van der Waals surface area contributed by atoms with Crippen LogP contribution in [0, 0.1) is 17.8 Å². The van der Waals surface area contributed by atoms with E-state index in [1.807, 2.05) is 0 Å². The number of ether oxygens (including phenoxy) is 4. The molecule has 19 heteroatoms. The van der Waals surface area contributed by atoms with Gasteiger partial charge in [0.2, 0.25) is 0 Å². The van der Waals surface area contributed by atoms with E-state index in [0.29, 0.717) is 25.7 Å². The van der Waals surface area contributed by atoms with Crippen molar-refractivity contribution in [1.82, 2.24) is 0 Å². The van der Waals surface area contributed by atoms with Crippen LogP contribution in [-0.2, 0) is 65.4 Å². The van der Waals surface area contributed by atoms with Crippen LogP contribution in [-0.4, -0.2) is 96.7 Å². The number of aliphatic hydroxyl groups excluding tert-OH is 1. The summed E-state index contributed by atoms with van der Waals surface area (Å²) in [6.45, 7) is 11.9. The van der Waals surface area contributed by atoms with Gasteiger partial charge < -0.3 is 33.8 Å². The van der Waals surface area contributed by atoms with Crippen LogP contribution >= 0.6 is 15.6 Å². The van der Waals surface area contributed by atoms with Crippen molar-refractivity contribution in [2.75, 3.05) is 39.6 Å². The average molecular weight is 1340 g/mol. The number of esters is 4. The summed E-state index contributed by atoms with van der Waals surface area (Å²) in [6, 6.07) is 0. The van der Waals surface area contributed by atoms with E-state index in [-0.39, 0.29) is 25.7 Å². The average Bonchev–Trinajstić information content (AvgIpc) is 3.73. The van der Waals surface area contributed by atoms with Crippen molar-refractivity contribution in [3.63, 3.8) is 0 Å². The first-order valence-electron chi connectivity index (χ1n) is 37.4. The zero-order chi connectivity index (χ0) is 67.3. The molecule has 0 amide bonds. The Morgan fingerprint density at radius 3 is 0.835 bits per heavy atom. The summed E-state index contributed by atoms with van der Waals surface area (Å²) in [5, 5.41) is 10.6. The van der Waals surface area contributed by atoms with Crippen LogP contribution in [0.15, 0.2) is 0 Å². The third-order valence-electron chi connectivity index (χ3n) is 17.0. The Morgan fingerprint density at radius 1 is 0.319 bits per heavy atom. The molecule has 3 N–H and O–H groups in total. The fourth-order valence-electron chi connectivity index (χ4n) is 10.9. The normalized spacial score (nSPS) is 14.5. The van der Waals surface area contributed by atoms with E-state index < -0.39 is 97.5 Å². The maximum Gasteiger partial charge on any atom is 0.472 e. The number of unbranched alkanes of at least 4 members (excludes halogenated alkanes) is 37. The van der Waals surface area contributed by atoms with E-state index in [9.17, 15) is 43.2 Å². The summed E-state index contributed by atoms with van der Waals surface area (Å²) in [5.74, 6) is 0.204. The van der Waals surface area contributed by atoms with Crippen LogP contribution in [0.25, 0.3) is 0 Å². The highest BCUT2D eigenvalue weighted by Crippen LogP contribution is 2.45. The Bertz CT molecular complexity index is 1790. The smallest absolute Gasteiger partial charge is 0.462 e. The lowest BCUT2D eigenvalue weighted by molar-refractivity contribution is -0.161. The van der Waals surface area contributed by atoms with E-state index in [2.05, 4.69) is 48.5 Å². The summed E-state index contributed by atoms with van der Waals surface area (Å²) in [4.78, 5) is 72.6. The lowest BCUT2D eigenvalue weighted by atomic mass is 9.99. The Labute approximate surface area is 556 Å². The number of hydrogen-bond donors (Lipinski definition) is 3. The maximum atomic E-state index is 13.0. The molecule has 6 atom stereocenters. The van der Waals surface area contributed by atoms with Gasteiger partial charge in [-0.25, -0.2) is 9.13 Å². The Kier molecular flexibility index (Phi) is 61.5. The fraction of sp³-hybridized carbons (Fsp3) is 0.944. The van der Waals surface area contributed by atoms with Gasteiger partial charge in [-0.2, -0.15) is 0 Å². The molecule has 0 spiro atoms. The molecule has 0 saturated heterocycles.